The molecule has 0 radical (unpaired) electrons. The summed E-state index contributed by atoms with van der Waals surface area (Å²) < 4.78 is 34.7. The number of aryl methyl sites for hydroxylation is 2. The number of nitriles is 1. The predicted octanol–water partition coefficient (Wildman–Crippen LogP) is 3.99. The van der Waals surface area contributed by atoms with Crippen LogP contribution in [0.25, 0.3) is 22.4 Å². The number of anilines is 1. The Hall–Kier alpha value is -4.01. The Morgan fingerprint density at radius 1 is 1.08 bits per heavy atom. The van der Waals surface area contributed by atoms with Crippen LogP contribution in [0.15, 0.2) is 47.4 Å². The lowest BCUT2D eigenvalue weighted by Gasteiger charge is -2.26. The van der Waals surface area contributed by atoms with Crippen LogP contribution in [0.5, 0.6) is 5.88 Å². The van der Waals surface area contributed by atoms with Gasteiger partial charge in [-0.1, -0.05) is 6.07 Å². The van der Waals surface area contributed by atoms with Gasteiger partial charge >= 0.3 is 0 Å². The van der Waals surface area contributed by atoms with Crippen molar-refractivity contribution in [2.24, 2.45) is 0 Å². The second-order valence-corrected chi connectivity index (χ2v) is 10.9. The van der Waals surface area contributed by atoms with Crippen molar-refractivity contribution < 1.29 is 18.3 Å². The van der Waals surface area contributed by atoms with Crippen LogP contribution in [0.1, 0.15) is 42.5 Å². The number of sulfonamides is 1. The van der Waals surface area contributed by atoms with E-state index in [4.69, 9.17) is 4.74 Å². The van der Waals surface area contributed by atoms with Gasteiger partial charge in [0.25, 0.3) is 10.0 Å². The number of fused-ring (bicyclic) bond motifs is 1. The molecule has 0 spiro atoms. The van der Waals surface area contributed by atoms with Crippen molar-refractivity contribution in [3.63, 3.8) is 0 Å². The van der Waals surface area contributed by atoms with Crippen molar-refractivity contribution in [1.29, 1.82) is 5.26 Å². The molecule has 5 rings (SSSR count). The fourth-order valence-electron chi connectivity index (χ4n) is 4.41. The van der Waals surface area contributed by atoms with E-state index < -0.39 is 10.0 Å². The zero-order chi connectivity index (χ0) is 26.2. The van der Waals surface area contributed by atoms with E-state index in [0.717, 1.165) is 24.1 Å². The van der Waals surface area contributed by atoms with Gasteiger partial charge in [-0.2, -0.15) is 15.3 Å². The number of nitrogens with zero attached hydrogens (tertiary/aromatic N) is 4. The molecule has 1 fully saturated rings. The van der Waals surface area contributed by atoms with Crippen LogP contribution < -0.4 is 9.46 Å². The average Bonchev–Trinajstić information content (AvgIpc) is 3.26. The molecule has 11 heteroatoms. The predicted molar refractivity (Wildman–Crippen MR) is 137 cm³/mol. The van der Waals surface area contributed by atoms with Crippen LogP contribution in [0.4, 0.5) is 5.69 Å². The Kier molecular flexibility index (Phi) is 6.54. The van der Waals surface area contributed by atoms with Crippen molar-refractivity contribution in [3.8, 4) is 23.3 Å². The number of nitrogens with one attached hydrogen (secondary N) is 2. The number of aromatic amines is 1. The van der Waals surface area contributed by atoms with Crippen molar-refractivity contribution in [2.75, 3.05) is 4.72 Å². The number of ether oxygens (including phenoxy) is 1. The monoisotopic (exact) mass is 518 g/mol. The number of aromatic nitrogens is 4. The largest absolute Gasteiger partial charge is 0.474 e. The first-order valence-corrected chi connectivity index (χ1v) is 13.4. The molecule has 4 aromatic rings. The SMILES string of the molecule is Cc1ccc(C#N)c(S(=O)(=O)Nc2ccc(-c3nc(OC4CCC(O)CC4)c4c(C)[nH]nc4n3)cc2)c1. The number of hydrogen-bond donors (Lipinski definition) is 3. The van der Waals surface area contributed by atoms with Gasteiger partial charge in [0.1, 0.15) is 22.5 Å². The molecule has 0 amide bonds. The fraction of sp³-hybridized carbons (Fsp3) is 0.308. The molecule has 2 aromatic heterocycles. The number of aliphatic hydroxyl groups excluding tert-OH is 1. The molecule has 2 heterocycles. The van der Waals surface area contributed by atoms with Gasteiger partial charge in [-0.05, 0) is 81.5 Å². The Labute approximate surface area is 214 Å². The molecule has 0 unspecified atom stereocenters. The minimum absolute atomic E-state index is 0.0552. The third-order valence-electron chi connectivity index (χ3n) is 6.43. The van der Waals surface area contributed by atoms with Gasteiger partial charge in [-0.3, -0.25) is 9.82 Å². The molecule has 190 valence electrons. The molecule has 37 heavy (non-hydrogen) atoms. The lowest BCUT2D eigenvalue weighted by atomic mass is 9.95. The van der Waals surface area contributed by atoms with Crippen molar-refractivity contribution in [2.45, 2.75) is 56.6 Å². The van der Waals surface area contributed by atoms with Gasteiger partial charge in [0.05, 0.1) is 11.7 Å². The van der Waals surface area contributed by atoms with Crippen molar-refractivity contribution >= 4 is 26.7 Å². The third kappa shape index (κ3) is 5.12. The van der Waals surface area contributed by atoms with E-state index in [1.165, 1.54) is 12.1 Å². The lowest BCUT2D eigenvalue weighted by molar-refractivity contribution is 0.0652. The normalized spacial score (nSPS) is 17.9. The minimum atomic E-state index is -3.96. The highest BCUT2D eigenvalue weighted by Gasteiger charge is 2.24. The molecule has 1 aliphatic carbocycles. The van der Waals surface area contributed by atoms with E-state index in [9.17, 15) is 18.8 Å². The van der Waals surface area contributed by atoms with Crippen LogP contribution in [0.3, 0.4) is 0 Å². The molecule has 0 atom stereocenters. The quantitative estimate of drug-likeness (QED) is 0.346. The molecule has 0 aliphatic heterocycles. The minimum Gasteiger partial charge on any atom is -0.474 e. The van der Waals surface area contributed by atoms with E-state index in [2.05, 4.69) is 24.9 Å². The van der Waals surface area contributed by atoms with Crippen LogP contribution >= 0.6 is 0 Å². The van der Waals surface area contributed by atoms with Gasteiger partial charge in [0.15, 0.2) is 11.5 Å². The number of H-pyrrole nitrogens is 1. The number of benzene rings is 2. The average molecular weight is 519 g/mol. The van der Waals surface area contributed by atoms with E-state index in [1.807, 2.05) is 13.0 Å². The summed E-state index contributed by atoms with van der Waals surface area (Å²) in [5.41, 5.74) is 3.07. The van der Waals surface area contributed by atoms with Crippen LogP contribution in [0.2, 0.25) is 0 Å². The highest BCUT2D eigenvalue weighted by Crippen LogP contribution is 2.31. The molecule has 0 bridgehead atoms. The number of aliphatic hydroxyl groups is 1. The van der Waals surface area contributed by atoms with Crippen LogP contribution in [-0.4, -0.2) is 45.9 Å². The lowest BCUT2D eigenvalue weighted by Crippen LogP contribution is -2.27. The molecule has 0 saturated heterocycles. The van der Waals surface area contributed by atoms with Crippen LogP contribution in [-0.2, 0) is 10.0 Å². The second-order valence-electron chi connectivity index (χ2n) is 9.24. The van der Waals surface area contributed by atoms with Crippen molar-refractivity contribution in [3.05, 3.63) is 59.3 Å². The summed E-state index contributed by atoms with van der Waals surface area (Å²) in [6, 6.07) is 13.2. The van der Waals surface area contributed by atoms with Gasteiger partial charge in [-0.15, -0.1) is 0 Å². The van der Waals surface area contributed by atoms with E-state index >= 15 is 0 Å². The maximum Gasteiger partial charge on any atom is 0.263 e. The van der Waals surface area contributed by atoms with Gasteiger partial charge in [0.2, 0.25) is 5.88 Å². The maximum absolute atomic E-state index is 13.0. The zero-order valence-electron chi connectivity index (χ0n) is 20.4. The molecule has 1 aliphatic rings. The topological polar surface area (TPSA) is 154 Å². The van der Waals surface area contributed by atoms with Gasteiger partial charge < -0.3 is 9.84 Å². The highest BCUT2D eigenvalue weighted by atomic mass is 32.2. The Balaban J connectivity index is 1.42. The summed E-state index contributed by atoms with van der Waals surface area (Å²) in [4.78, 5) is 9.17. The molecule has 1 saturated carbocycles. The third-order valence-corrected chi connectivity index (χ3v) is 7.85. The van der Waals surface area contributed by atoms with Crippen LogP contribution in [0, 0.1) is 25.2 Å². The second kappa shape index (κ2) is 9.80. The van der Waals surface area contributed by atoms with Gasteiger partial charge in [0, 0.05) is 16.9 Å². The van der Waals surface area contributed by atoms with Gasteiger partial charge in [-0.25, -0.2) is 13.4 Å². The smallest absolute Gasteiger partial charge is 0.263 e. The first kappa shape index (κ1) is 24.7. The Bertz CT molecular complexity index is 1600. The summed E-state index contributed by atoms with van der Waals surface area (Å²) >= 11 is 0. The summed E-state index contributed by atoms with van der Waals surface area (Å²) in [6.45, 7) is 3.64. The highest BCUT2D eigenvalue weighted by molar-refractivity contribution is 7.92. The summed E-state index contributed by atoms with van der Waals surface area (Å²) in [6.07, 6.45) is 2.51. The summed E-state index contributed by atoms with van der Waals surface area (Å²) in [5.74, 6) is 0.825. The first-order valence-electron chi connectivity index (χ1n) is 11.9. The number of hydrogen-bond acceptors (Lipinski definition) is 8. The van der Waals surface area contributed by atoms with E-state index in [1.54, 1.807) is 37.3 Å². The maximum atomic E-state index is 13.0. The Morgan fingerprint density at radius 2 is 1.81 bits per heavy atom. The molecule has 3 N–H and O–H groups in total. The molecule has 2 aromatic carbocycles. The standard InChI is InChI=1S/C26H26N6O4S/c1-15-3-4-18(14-27)22(13-15)37(34,35)32-19-7-5-17(6-8-19)24-28-25-23(16(2)30-31-25)26(29-24)36-21-11-9-20(33)10-12-21/h3-8,13,20-21,32-33H,9-12H2,1-2H3,(H,28,29,30,31). The van der Waals surface area contributed by atoms with E-state index in [0.29, 0.717) is 46.8 Å². The van der Waals surface area contributed by atoms with E-state index in [-0.39, 0.29) is 22.7 Å². The zero-order valence-corrected chi connectivity index (χ0v) is 21.2. The fourth-order valence-corrected chi connectivity index (χ4v) is 5.71. The van der Waals surface area contributed by atoms with Crippen molar-refractivity contribution in [1.82, 2.24) is 20.2 Å². The molecular weight excluding hydrogens is 492 g/mol. The summed E-state index contributed by atoms with van der Waals surface area (Å²) in [7, 11) is -3.96. The molecular formula is C26H26N6O4S. The number of rotatable bonds is 6. The summed E-state index contributed by atoms with van der Waals surface area (Å²) in [5, 5.41) is 27.1. The Morgan fingerprint density at radius 3 is 2.51 bits per heavy atom. The first-order chi connectivity index (χ1) is 17.7. The molecule has 10 nitrogen and oxygen atoms in total.